The second kappa shape index (κ2) is 3.02. The minimum atomic E-state index is -0.132. The van der Waals surface area contributed by atoms with Gasteiger partial charge in [0.05, 0.1) is 0 Å². The van der Waals surface area contributed by atoms with Crippen LogP contribution < -0.4 is 5.56 Å². The van der Waals surface area contributed by atoms with Crippen LogP contribution in [0.15, 0.2) is 16.9 Å². The molecular weight excluding hydrogens is 162 g/mol. The molecule has 0 unspecified atom stereocenters. The molecule has 0 atom stereocenters. The van der Waals surface area contributed by atoms with Crippen LogP contribution in [0, 0.1) is 13.8 Å². The van der Waals surface area contributed by atoms with Crippen LogP contribution in [-0.2, 0) is 5.54 Å². The SMILES string of the molecule is Cc1ccc(=O)n(C(C)(C)C)c1C. The van der Waals surface area contributed by atoms with Gasteiger partial charge in [-0.05, 0) is 40.2 Å². The van der Waals surface area contributed by atoms with Crippen molar-refractivity contribution in [2.75, 3.05) is 0 Å². The Bertz CT molecular complexity index is 369. The second-order valence-corrected chi connectivity index (χ2v) is 4.45. The summed E-state index contributed by atoms with van der Waals surface area (Å²) in [6.07, 6.45) is 0. The van der Waals surface area contributed by atoms with Gasteiger partial charge >= 0.3 is 0 Å². The van der Waals surface area contributed by atoms with E-state index in [4.69, 9.17) is 0 Å². The lowest BCUT2D eigenvalue weighted by molar-refractivity contribution is 0.375. The molecule has 0 saturated carbocycles. The van der Waals surface area contributed by atoms with Gasteiger partial charge in [-0.15, -0.1) is 0 Å². The Morgan fingerprint density at radius 3 is 2.08 bits per heavy atom. The quantitative estimate of drug-likeness (QED) is 0.598. The zero-order chi connectivity index (χ0) is 10.2. The summed E-state index contributed by atoms with van der Waals surface area (Å²) in [6, 6.07) is 3.51. The smallest absolute Gasteiger partial charge is 0.251 e. The molecule has 1 aromatic rings. The Morgan fingerprint density at radius 2 is 1.69 bits per heavy atom. The highest BCUT2D eigenvalue weighted by atomic mass is 16.1. The summed E-state index contributed by atoms with van der Waals surface area (Å²) < 4.78 is 1.84. The molecule has 13 heavy (non-hydrogen) atoms. The molecule has 0 bridgehead atoms. The van der Waals surface area contributed by atoms with Gasteiger partial charge in [-0.1, -0.05) is 6.07 Å². The maximum Gasteiger partial charge on any atom is 0.251 e. The van der Waals surface area contributed by atoms with Crippen LogP contribution in [0.2, 0.25) is 0 Å². The number of aryl methyl sites for hydroxylation is 1. The number of rotatable bonds is 0. The van der Waals surface area contributed by atoms with Crippen LogP contribution in [0.5, 0.6) is 0 Å². The van der Waals surface area contributed by atoms with Crippen LogP contribution in [0.1, 0.15) is 32.0 Å². The van der Waals surface area contributed by atoms with Crippen LogP contribution in [0.3, 0.4) is 0 Å². The van der Waals surface area contributed by atoms with Crippen LogP contribution in [0.25, 0.3) is 0 Å². The molecule has 0 saturated heterocycles. The minimum Gasteiger partial charge on any atom is -0.307 e. The van der Waals surface area contributed by atoms with E-state index in [0.29, 0.717) is 0 Å². The van der Waals surface area contributed by atoms with E-state index in [1.54, 1.807) is 6.07 Å². The lowest BCUT2D eigenvalue weighted by Gasteiger charge is -2.25. The Balaban J connectivity index is 3.53. The van der Waals surface area contributed by atoms with Crippen molar-refractivity contribution < 1.29 is 0 Å². The molecule has 0 aliphatic heterocycles. The van der Waals surface area contributed by atoms with E-state index in [1.165, 1.54) is 0 Å². The number of pyridine rings is 1. The molecule has 1 heterocycles. The third-order valence-electron chi connectivity index (χ3n) is 2.27. The van der Waals surface area contributed by atoms with Crippen molar-refractivity contribution in [3.8, 4) is 0 Å². The standard InChI is InChI=1S/C11H17NO/c1-8-6-7-10(13)12(9(8)2)11(3,4)5/h6-7H,1-5H3. The van der Waals surface area contributed by atoms with Crippen molar-refractivity contribution in [2.24, 2.45) is 0 Å². The van der Waals surface area contributed by atoms with Gasteiger partial charge in [-0.2, -0.15) is 0 Å². The lowest BCUT2D eigenvalue weighted by Crippen LogP contribution is -2.35. The molecule has 0 fully saturated rings. The summed E-state index contributed by atoms with van der Waals surface area (Å²) in [5.74, 6) is 0. The van der Waals surface area contributed by atoms with Gasteiger partial charge in [-0.3, -0.25) is 4.79 Å². The Hall–Kier alpha value is -1.05. The van der Waals surface area contributed by atoms with E-state index in [1.807, 2.05) is 45.3 Å². The lowest BCUT2D eigenvalue weighted by atomic mass is 10.1. The molecule has 72 valence electrons. The summed E-state index contributed by atoms with van der Waals surface area (Å²) >= 11 is 0. The van der Waals surface area contributed by atoms with Gasteiger partial charge in [0.15, 0.2) is 0 Å². The molecule has 0 radical (unpaired) electrons. The largest absolute Gasteiger partial charge is 0.307 e. The third-order valence-corrected chi connectivity index (χ3v) is 2.27. The summed E-state index contributed by atoms with van der Waals surface area (Å²) in [5.41, 5.74) is 2.16. The number of aromatic nitrogens is 1. The Labute approximate surface area is 79.2 Å². The van der Waals surface area contributed by atoms with Crippen molar-refractivity contribution in [3.63, 3.8) is 0 Å². The molecule has 0 aliphatic rings. The first-order valence-corrected chi connectivity index (χ1v) is 4.54. The van der Waals surface area contributed by atoms with Crippen LogP contribution >= 0.6 is 0 Å². The number of nitrogens with zero attached hydrogens (tertiary/aromatic N) is 1. The summed E-state index contributed by atoms with van der Waals surface area (Å²) in [7, 11) is 0. The molecule has 0 amide bonds. The van der Waals surface area contributed by atoms with Gasteiger partial charge in [0.25, 0.3) is 5.56 Å². The summed E-state index contributed by atoms with van der Waals surface area (Å²) in [5, 5.41) is 0. The van der Waals surface area contributed by atoms with Gasteiger partial charge in [0.2, 0.25) is 0 Å². The number of hydrogen-bond donors (Lipinski definition) is 0. The van der Waals surface area contributed by atoms with E-state index < -0.39 is 0 Å². The van der Waals surface area contributed by atoms with Gasteiger partial charge < -0.3 is 4.57 Å². The molecular formula is C11H17NO. The first kappa shape index (κ1) is 10.0. The van der Waals surface area contributed by atoms with E-state index in [0.717, 1.165) is 11.3 Å². The highest BCUT2D eigenvalue weighted by Gasteiger charge is 2.16. The summed E-state index contributed by atoms with van der Waals surface area (Å²) in [6.45, 7) is 10.1. The zero-order valence-electron chi connectivity index (χ0n) is 9.01. The highest BCUT2D eigenvalue weighted by molar-refractivity contribution is 5.19. The van der Waals surface area contributed by atoms with Gasteiger partial charge in [-0.25, -0.2) is 0 Å². The first-order valence-electron chi connectivity index (χ1n) is 4.54. The van der Waals surface area contributed by atoms with Crippen molar-refractivity contribution in [1.29, 1.82) is 0 Å². The van der Waals surface area contributed by atoms with Crippen molar-refractivity contribution in [2.45, 2.75) is 40.2 Å². The molecule has 2 nitrogen and oxygen atoms in total. The summed E-state index contributed by atoms with van der Waals surface area (Å²) in [4.78, 5) is 11.6. The van der Waals surface area contributed by atoms with E-state index in [2.05, 4.69) is 0 Å². The van der Waals surface area contributed by atoms with Crippen molar-refractivity contribution >= 4 is 0 Å². The average molecular weight is 179 g/mol. The van der Waals surface area contributed by atoms with Gasteiger partial charge in [0.1, 0.15) is 0 Å². The zero-order valence-corrected chi connectivity index (χ0v) is 9.01. The first-order chi connectivity index (χ1) is 5.84. The molecule has 2 heteroatoms. The normalized spacial score (nSPS) is 11.8. The average Bonchev–Trinajstić information content (AvgIpc) is 1.95. The molecule has 0 aliphatic carbocycles. The van der Waals surface area contributed by atoms with Crippen molar-refractivity contribution in [3.05, 3.63) is 33.7 Å². The maximum atomic E-state index is 11.6. The maximum absolute atomic E-state index is 11.6. The fourth-order valence-electron chi connectivity index (χ4n) is 1.57. The third kappa shape index (κ3) is 1.82. The van der Waals surface area contributed by atoms with Crippen LogP contribution in [-0.4, -0.2) is 4.57 Å². The van der Waals surface area contributed by atoms with Crippen molar-refractivity contribution in [1.82, 2.24) is 4.57 Å². The molecule has 0 aromatic carbocycles. The topological polar surface area (TPSA) is 22.0 Å². The molecule has 1 aromatic heterocycles. The van der Waals surface area contributed by atoms with Crippen LogP contribution in [0.4, 0.5) is 0 Å². The fraction of sp³-hybridized carbons (Fsp3) is 0.545. The molecule has 1 rings (SSSR count). The highest BCUT2D eigenvalue weighted by Crippen LogP contribution is 2.15. The van der Waals surface area contributed by atoms with Gasteiger partial charge in [0, 0.05) is 17.3 Å². The number of hydrogen-bond acceptors (Lipinski definition) is 1. The Morgan fingerprint density at radius 1 is 1.15 bits per heavy atom. The predicted octanol–water partition coefficient (Wildman–Crippen LogP) is 2.22. The fourth-order valence-corrected chi connectivity index (χ4v) is 1.57. The second-order valence-electron chi connectivity index (χ2n) is 4.45. The van der Waals surface area contributed by atoms with E-state index >= 15 is 0 Å². The Kier molecular flexibility index (Phi) is 2.33. The molecule has 0 N–H and O–H groups in total. The minimum absolute atomic E-state index is 0.0793. The van der Waals surface area contributed by atoms with E-state index in [-0.39, 0.29) is 11.1 Å². The predicted molar refractivity (Wildman–Crippen MR) is 55.2 cm³/mol. The van der Waals surface area contributed by atoms with E-state index in [9.17, 15) is 4.79 Å². The monoisotopic (exact) mass is 179 g/mol. The molecule has 0 spiro atoms.